The maximum absolute atomic E-state index is 12.8. The van der Waals surface area contributed by atoms with E-state index in [0.29, 0.717) is 30.2 Å². The van der Waals surface area contributed by atoms with Crippen molar-refractivity contribution in [2.24, 2.45) is 50.2 Å². The standard InChI is InChI=1S/C30H48O4.C15H10O4/c1-25(2)14-15-30(24(33)34)19(16-25)18-8-9-21-27(5)12-11-22(31)26(3,4)20(27)10-13-28(21,6)29(18,7)17-23(30)32;1-7-5-9-13(11(17)6-7)15(19)12-8(14(9)18)3-2-4-10(12)16/h8,19-23,31-32H,9-17H2,1-7H3,(H,33,34);2-6,16-17H,1H3. The van der Waals surface area contributed by atoms with Crippen LogP contribution in [-0.4, -0.2) is 55.3 Å². The molecule has 8 rings (SSSR count). The number of ketones is 2. The van der Waals surface area contributed by atoms with Crippen molar-refractivity contribution in [2.75, 3.05) is 0 Å². The molecule has 2 aromatic rings. The van der Waals surface area contributed by atoms with Crippen LogP contribution in [0, 0.1) is 57.2 Å². The summed E-state index contributed by atoms with van der Waals surface area (Å²) in [5, 5.41) is 52.7. The zero-order valence-electron chi connectivity index (χ0n) is 32.7. The van der Waals surface area contributed by atoms with Gasteiger partial charge in [0, 0.05) is 11.1 Å². The summed E-state index contributed by atoms with van der Waals surface area (Å²) in [5.41, 5.74) is 1.26. The van der Waals surface area contributed by atoms with E-state index in [1.54, 1.807) is 13.0 Å². The molecule has 8 heteroatoms. The molecule has 0 bridgehead atoms. The fourth-order valence-electron chi connectivity index (χ4n) is 13.1. The van der Waals surface area contributed by atoms with E-state index in [9.17, 15) is 39.9 Å². The first-order valence-corrected chi connectivity index (χ1v) is 19.6. The summed E-state index contributed by atoms with van der Waals surface area (Å²) >= 11 is 0. The molecule has 0 aromatic heterocycles. The molecule has 286 valence electrons. The second-order valence-electron chi connectivity index (χ2n) is 19.7. The second kappa shape index (κ2) is 12.0. The van der Waals surface area contributed by atoms with Crippen LogP contribution in [0.5, 0.6) is 11.5 Å². The SMILES string of the molecule is CC1(C)CCC2(C(=O)O)C(O)CC3(C)C(=CCC4C5(C)CCC(O)C(C)(C)C5CCC43C)C2C1.Cc1cc(O)c2c(c1)C(=O)c1cccc(O)c1C2=O. The highest BCUT2D eigenvalue weighted by Crippen LogP contribution is 2.75. The predicted molar refractivity (Wildman–Crippen MR) is 202 cm³/mol. The van der Waals surface area contributed by atoms with Crippen molar-refractivity contribution in [2.45, 2.75) is 125 Å². The van der Waals surface area contributed by atoms with Crippen molar-refractivity contribution >= 4 is 17.5 Å². The number of benzene rings is 2. The van der Waals surface area contributed by atoms with Crippen LogP contribution in [0.25, 0.3) is 0 Å². The average Bonchev–Trinajstić information content (AvgIpc) is 3.05. The normalized spacial score (nSPS) is 39.0. The number of phenols is 2. The lowest BCUT2D eigenvalue weighted by Gasteiger charge is -2.71. The lowest BCUT2D eigenvalue weighted by atomic mass is 9.33. The maximum Gasteiger partial charge on any atom is 0.312 e. The van der Waals surface area contributed by atoms with Crippen molar-refractivity contribution in [1.29, 1.82) is 0 Å². The first-order valence-electron chi connectivity index (χ1n) is 19.6. The zero-order valence-corrected chi connectivity index (χ0v) is 32.7. The number of hydrogen-bond acceptors (Lipinski definition) is 7. The minimum atomic E-state index is -1.04. The van der Waals surface area contributed by atoms with E-state index in [-0.39, 0.29) is 78.6 Å². The summed E-state index contributed by atoms with van der Waals surface area (Å²) in [4.78, 5) is 37.5. The molecule has 0 spiro atoms. The molecule has 9 unspecified atom stereocenters. The Labute approximate surface area is 313 Å². The van der Waals surface area contributed by atoms with Crippen LogP contribution < -0.4 is 0 Å². The highest BCUT2D eigenvalue weighted by atomic mass is 16.4. The Balaban J connectivity index is 0.000000193. The van der Waals surface area contributed by atoms with Gasteiger partial charge in [-0.05, 0) is 133 Å². The molecule has 0 aliphatic heterocycles. The van der Waals surface area contributed by atoms with Gasteiger partial charge in [-0.2, -0.15) is 0 Å². The van der Waals surface area contributed by atoms with Crippen molar-refractivity contribution in [1.82, 2.24) is 0 Å². The third-order valence-corrected chi connectivity index (χ3v) is 16.3. The number of carbonyl (C=O) groups is 3. The fraction of sp³-hybridized carbons (Fsp3) is 0.622. The summed E-state index contributed by atoms with van der Waals surface area (Å²) < 4.78 is 0. The number of hydrogen-bond donors (Lipinski definition) is 5. The molecule has 0 saturated heterocycles. The Morgan fingerprint density at radius 3 is 2.11 bits per heavy atom. The van der Waals surface area contributed by atoms with Gasteiger partial charge in [-0.15, -0.1) is 0 Å². The van der Waals surface area contributed by atoms with Crippen LogP contribution in [0.1, 0.15) is 144 Å². The van der Waals surface area contributed by atoms with Gasteiger partial charge in [-0.25, -0.2) is 0 Å². The number of aliphatic hydroxyl groups excluding tert-OH is 2. The molecule has 0 amide bonds. The third kappa shape index (κ3) is 5.10. The Hall–Kier alpha value is -3.49. The molecule has 5 N–H and O–H groups in total. The molecule has 9 atom stereocenters. The van der Waals surface area contributed by atoms with Crippen molar-refractivity contribution in [3.63, 3.8) is 0 Å². The Kier molecular flexibility index (Phi) is 8.56. The van der Waals surface area contributed by atoms with E-state index in [1.165, 1.54) is 29.8 Å². The van der Waals surface area contributed by atoms with E-state index >= 15 is 0 Å². The second-order valence-corrected chi connectivity index (χ2v) is 19.7. The number of aromatic hydroxyl groups is 2. The van der Waals surface area contributed by atoms with Gasteiger partial charge in [-0.3, -0.25) is 14.4 Å². The number of carboxylic acids is 1. The molecule has 8 nitrogen and oxygen atoms in total. The van der Waals surface area contributed by atoms with Gasteiger partial charge >= 0.3 is 5.97 Å². The van der Waals surface area contributed by atoms with Crippen LogP contribution >= 0.6 is 0 Å². The monoisotopic (exact) mass is 726 g/mol. The highest BCUT2D eigenvalue weighted by molar-refractivity contribution is 6.30. The number of rotatable bonds is 1. The Morgan fingerprint density at radius 2 is 1.43 bits per heavy atom. The van der Waals surface area contributed by atoms with Crippen LogP contribution in [0.2, 0.25) is 0 Å². The quantitative estimate of drug-likeness (QED) is 0.157. The van der Waals surface area contributed by atoms with E-state index in [1.807, 2.05) is 0 Å². The van der Waals surface area contributed by atoms with Gasteiger partial charge in [-0.1, -0.05) is 72.2 Å². The van der Waals surface area contributed by atoms with Crippen LogP contribution in [0.15, 0.2) is 42.0 Å². The number of aliphatic hydroxyl groups is 2. The van der Waals surface area contributed by atoms with Gasteiger partial charge < -0.3 is 25.5 Å². The number of carbonyl (C=O) groups excluding carboxylic acids is 2. The molecular formula is C45H58O8. The molecule has 4 saturated carbocycles. The number of allylic oxidation sites excluding steroid dienone is 2. The summed E-state index contributed by atoms with van der Waals surface area (Å²) in [5.74, 6) is -1.28. The number of fused-ring (bicyclic) bond motifs is 9. The predicted octanol–water partition coefficient (Wildman–Crippen LogP) is 8.39. The van der Waals surface area contributed by atoms with Gasteiger partial charge in [0.1, 0.15) is 16.9 Å². The average molecular weight is 727 g/mol. The van der Waals surface area contributed by atoms with Crippen LogP contribution in [-0.2, 0) is 4.79 Å². The van der Waals surface area contributed by atoms with Crippen molar-refractivity contribution in [3.8, 4) is 11.5 Å². The molecule has 6 aliphatic rings. The van der Waals surface area contributed by atoms with Gasteiger partial charge in [0.05, 0.1) is 23.3 Å². The summed E-state index contributed by atoms with van der Waals surface area (Å²) in [7, 11) is 0. The van der Waals surface area contributed by atoms with Crippen LogP contribution in [0.4, 0.5) is 0 Å². The van der Waals surface area contributed by atoms with E-state index in [4.69, 9.17) is 0 Å². The smallest absolute Gasteiger partial charge is 0.312 e. The molecule has 53 heavy (non-hydrogen) atoms. The number of aliphatic carboxylic acids is 1. The number of aryl methyl sites for hydroxylation is 1. The molecule has 2 aromatic carbocycles. The van der Waals surface area contributed by atoms with Crippen molar-refractivity contribution in [3.05, 3.63) is 69.8 Å². The third-order valence-electron chi connectivity index (χ3n) is 16.3. The van der Waals surface area contributed by atoms with E-state index in [2.05, 4.69) is 54.5 Å². The summed E-state index contributed by atoms with van der Waals surface area (Å²) in [6.45, 7) is 18.1. The van der Waals surface area contributed by atoms with Crippen molar-refractivity contribution < 1.29 is 39.9 Å². The fourth-order valence-corrected chi connectivity index (χ4v) is 13.1. The first kappa shape index (κ1) is 37.8. The lowest BCUT2D eigenvalue weighted by molar-refractivity contribution is -0.218. The maximum atomic E-state index is 12.8. The number of carboxylic acid groups (broad SMARTS) is 1. The Bertz CT molecular complexity index is 1940. The highest BCUT2D eigenvalue weighted by Gasteiger charge is 2.71. The van der Waals surface area contributed by atoms with E-state index in [0.717, 1.165) is 44.9 Å². The van der Waals surface area contributed by atoms with E-state index < -0.39 is 23.3 Å². The molecular weight excluding hydrogens is 668 g/mol. The lowest BCUT2D eigenvalue weighted by Crippen LogP contribution is -2.67. The van der Waals surface area contributed by atoms with Gasteiger partial charge in [0.2, 0.25) is 5.78 Å². The molecule has 6 aliphatic carbocycles. The van der Waals surface area contributed by atoms with Crippen LogP contribution in [0.3, 0.4) is 0 Å². The first-order chi connectivity index (χ1) is 24.6. The topological polar surface area (TPSA) is 152 Å². The molecule has 0 radical (unpaired) electrons. The summed E-state index contributed by atoms with van der Waals surface area (Å²) in [6, 6.07) is 7.36. The number of phenolic OH excluding ortho intramolecular Hbond substituents is 2. The summed E-state index contributed by atoms with van der Waals surface area (Å²) in [6.07, 6.45) is 9.35. The molecule has 4 fully saturated rings. The van der Waals surface area contributed by atoms with Gasteiger partial charge in [0.25, 0.3) is 0 Å². The minimum Gasteiger partial charge on any atom is -0.507 e. The Morgan fingerprint density at radius 1 is 0.755 bits per heavy atom. The minimum absolute atomic E-state index is 0.0218. The van der Waals surface area contributed by atoms with Gasteiger partial charge in [0.15, 0.2) is 5.78 Å². The largest absolute Gasteiger partial charge is 0.507 e. The molecule has 0 heterocycles. The zero-order chi connectivity index (χ0) is 38.8.